The van der Waals surface area contributed by atoms with Crippen LogP contribution in [-0.4, -0.2) is 29.0 Å². The minimum Gasteiger partial charge on any atom is -0.405 e. The molecule has 0 aliphatic heterocycles. The Morgan fingerprint density at radius 2 is 1.88 bits per heavy atom. The molecule has 10 heteroatoms. The van der Waals surface area contributed by atoms with E-state index in [4.69, 9.17) is 4.42 Å². The first-order valence-electron chi connectivity index (χ1n) is 10.1. The molecule has 0 aliphatic rings. The fraction of sp³-hybridized carbons (Fsp3) is 0.217. The van der Waals surface area contributed by atoms with Crippen LogP contribution in [0.5, 0.6) is 0 Å². The SMILES string of the molecule is Cc1nc2cc(F)c(-c3cnc(C(C)(C)O)nc3)cn2c1Cn1c(=O)oc2c(F)cccc21. The highest BCUT2D eigenvalue weighted by atomic mass is 19.1. The minimum absolute atomic E-state index is 0.0432. The standard InChI is InChI=1S/C23H19F2N5O3/c1-12-18(11-30-17-6-4-5-15(24)20(17)33-22(30)31)29-10-14(16(25)7-19(29)28-12)13-8-26-21(27-9-13)23(2,3)32/h4-10,32H,11H2,1-3H3. The van der Waals surface area contributed by atoms with Crippen molar-refractivity contribution in [2.24, 2.45) is 0 Å². The van der Waals surface area contributed by atoms with Crippen molar-refractivity contribution in [3.63, 3.8) is 0 Å². The molecule has 168 valence electrons. The zero-order chi connectivity index (χ0) is 23.5. The van der Waals surface area contributed by atoms with E-state index in [1.54, 1.807) is 37.4 Å². The molecule has 8 nitrogen and oxygen atoms in total. The zero-order valence-electron chi connectivity index (χ0n) is 18.0. The van der Waals surface area contributed by atoms with Crippen molar-refractivity contribution in [1.82, 2.24) is 23.9 Å². The highest BCUT2D eigenvalue weighted by Crippen LogP contribution is 2.26. The number of oxazole rings is 1. The summed E-state index contributed by atoms with van der Waals surface area (Å²) in [6.07, 6.45) is 4.42. The van der Waals surface area contributed by atoms with Crippen LogP contribution >= 0.6 is 0 Å². The molecule has 0 unspecified atom stereocenters. The number of rotatable bonds is 4. The number of aromatic nitrogens is 5. The van der Waals surface area contributed by atoms with Crippen molar-refractivity contribution < 1.29 is 18.3 Å². The number of hydrogen-bond donors (Lipinski definition) is 1. The first-order valence-corrected chi connectivity index (χ1v) is 10.1. The van der Waals surface area contributed by atoms with Crippen molar-refractivity contribution in [3.05, 3.63) is 82.3 Å². The third-order valence-electron chi connectivity index (χ3n) is 5.47. The van der Waals surface area contributed by atoms with Crippen LogP contribution in [0, 0.1) is 18.6 Å². The van der Waals surface area contributed by atoms with Crippen LogP contribution in [0.25, 0.3) is 27.9 Å². The number of halogens is 2. The van der Waals surface area contributed by atoms with E-state index in [0.717, 1.165) is 0 Å². The number of aliphatic hydroxyl groups is 1. The molecule has 1 N–H and O–H groups in total. The average Bonchev–Trinajstić information content (AvgIpc) is 3.24. The van der Waals surface area contributed by atoms with Gasteiger partial charge < -0.3 is 13.9 Å². The first kappa shape index (κ1) is 21.0. The van der Waals surface area contributed by atoms with Gasteiger partial charge in [0.05, 0.1) is 23.4 Å². The molecule has 0 spiro atoms. The molecule has 0 saturated carbocycles. The first-order chi connectivity index (χ1) is 15.6. The normalized spacial score (nSPS) is 12.2. The predicted molar refractivity (Wildman–Crippen MR) is 116 cm³/mol. The molecule has 0 bridgehead atoms. The van der Waals surface area contributed by atoms with Gasteiger partial charge in [-0.25, -0.2) is 28.5 Å². The van der Waals surface area contributed by atoms with Crippen LogP contribution in [0.3, 0.4) is 0 Å². The van der Waals surface area contributed by atoms with E-state index < -0.39 is 23.0 Å². The minimum atomic E-state index is -1.23. The maximum Gasteiger partial charge on any atom is 0.420 e. The number of benzene rings is 1. The number of fused-ring (bicyclic) bond motifs is 2. The summed E-state index contributed by atoms with van der Waals surface area (Å²) in [5.74, 6) is -1.64. The maximum atomic E-state index is 14.9. The summed E-state index contributed by atoms with van der Waals surface area (Å²) in [7, 11) is 0. The van der Waals surface area contributed by atoms with Gasteiger partial charge in [0, 0.05) is 35.8 Å². The summed E-state index contributed by atoms with van der Waals surface area (Å²) in [5, 5.41) is 10.1. The summed E-state index contributed by atoms with van der Waals surface area (Å²) in [6.45, 7) is 4.90. The van der Waals surface area contributed by atoms with E-state index in [-0.39, 0.29) is 23.5 Å². The topological polar surface area (TPSA) is 98.5 Å². The van der Waals surface area contributed by atoms with Crippen LogP contribution in [0.4, 0.5) is 8.78 Å². The second-order valence-electron chi connectivity index (χ2n) is 8.30. The lowest BCUT2D eigenvalue weighted by atomic mass is 10.1. The fourth-order valence-electron chi connectivity index (χ4n) is 3.77. The lowest BCUT2D eigenvalue weighted by Crippen LogP contribution is -2.19. The number of aryl methyl sites for hydroxylation is 1. The molecule has 1 aromatic carbocycles. The summed E-state index contributed by atoms with van der Waals surface area (Å²) in [5.41, 5.74) is 1.14. The van der Waals surface area contributed by atoms with Crippen molar-refractivity contribution >= 4 is 16.7 Å². The molecule has 0 fully saturated rings. The Balaban J connectivity index is 1.63. The quantitative estimate of drug-likeness (QED) is 0.449. The highest BCUT2D eigenvalue weighted by Gasteiger charge is 2.21. The molecule has 5 aromatic rings. The monoisotopic (exact) mass is 451 g/mol. The number of nitrogens with zero attached hydrogens (tertiary/aromatic N) is 5. The number of imidazole rings is 1. The number of hydrogen-bond acceptors (Lipinski definition) is 6. The smallest absolute Gasteiger partial charge is 0.405 e. The lowest BCUT2D eigenvalue weighted by Gasteiger charge is -2.15. The molecule has 4 heterocycles. The fourth-order valence-corrected chi connectivity index (χ4v) is 3.77. The molecule has 5 rings (SSSR count). The Kier molecular flexibility index (Phi) is 4.64. The van der Waals surface area contributed by atoms with Gasteiger partial charge in [-0.05, 0) is 32.9 Å². The Hall–Kier alpha value is -3.92. The van der Waals surface area contributed by atoms with Gasteiger partial charge in [0.1, 0.15) is 17.1 Å². The van der Waals surface area contributed by atoms with E-state index in [2.05, 4.69) is 15.0 Å². The Labute approximate surface area is 185 Å². The third kappa shape index (κ3) is 3.48. The van der Waals surface area contributed by atoms with Crippen molar-refractivity contribution in [1.29, 1.82) is 0 Å². The molecule has 0 radical (unpaired) electrons. The lowest BCUT2D eigenvalue weighted by molar-refractivity contribution is 0.0687. The van der Waals surface area contributed by atoms with Gasteiger partial charge in [0.25, 0.3) is 0 Å². The Bertz CT molecular complexity index is 1580. The van der Waals surface area contributed by atoms with Gasteiger partial charge in [-0.3, -0.25) is 4.57 Å². The van der Waals surface area contributed by atoms with E-state index in [9.17, 15) is 18.7 Å². The highest BCUT2D eigenvalue weighted by molar-refractivity contribution is 5.73. The van der Waals surface area contributed by atoms with Gasteiger partial charge >= 0.3 is 5.76 Å². The molecular formula is C23H19F2N5O3. The van der Waals surface area contributed by atoms with E-state index in [0.29, 0.717) is 28.1 Å². The van der Waals surface area contributed by atoms with Gasteiger partial charge in [-0.2, -0.15) is 0 Å². The summed E-state index contributed by atoms with van der Waals surface area (Å²) < 4.78 is 37.0. The summed E-state index contributed by atoms with van der Waals surface area (Å²) in [4.78, 5) is 25.1. The molecule has 0 atom stereocenters. The van der Waals surface area contributed by atoms with Crippen LogP contribution in [0.2, 0.25) is 0 Å². The van der Waals surface area contributed by atoms with Crippen molar-refractivity contribution in [2.45, 2.75) is 32.9 Å². The molecule has 0 amide bonds. The van der Waals surface area contributed by atoms with Gasteiger partial charge in [0.2, 0.25) is 0 Å². The third-order valence-corrected chi connectivity index (χ3v) is 5.47. The Morgan fingerprint density at radius 3 is 2.58 bits per heavy atom. The number of para-hydroxylation sites is 1. The largest absolute Gasteiger partial charge is 0.420 e. The molecular weight excluding hydrogens is 432 g/mol. The van der Waals surface area contributed by atoms with Crippen LogP contribution < -0.4 is 5.76 Å². The molecule has 4 aromatic heterocycles. The van der Waals surface area contributed by atoms with Gasteiger partial charge in [-0.1, -0.05) is 6.07 Å². The second-order valence-corrected chi connectivity index (χ2v) is 8.30. The summed E-state index contributed by atoms with van der Waals surface area (Å²) in [6, 6.07) is 5.59. The van der Waals surface area contributed by atoms with Crippen LogP contribution in [0.1, 0.15) is 31.1 Å². The molecule has 0 aliphatic carbocycles. The second kappa shape index (κ2) is 7.31. The average molecular weight is 451 g/mol. The van der Waals surface area contributed by atoms with E-state index in [1.807, 2.05) is 0 Å². The Morgan fingerprint density at radius 1 is 1.15 bits per heavy atom. The van der Waals surface area contributed by atoms with Gasteiger partial charge in [-0.15, -0.1) is 0 Å². The molecule has 0 saturated heterocycles. The van der Waals surface area contributed by atoms with Crippen LogP contribution in [-0.2, 0) is 12.1 Å². The van der Waals surface area contributed by atoms with Crippen molar-refractivity contribution in [3.8, 4) is 11.1 Å². The van der Waals surface area contributed by atoms with Gasteiger partial charge in [0.15, 0.2) is 17.2 Å². The summed E-state index contributed by atoms with van der Waals surface area (Å²) >= 11 is 0. The predicted octanol–water partition coefficient (Wildman–Crippen LogP) is 3.56. The molecule has 33 heavy (non-hydrogen) atoms. The van der Waals surface area contributed by atoms with Crippen molar-refractivity contribution in [2.75, 3.05) is 0 Å². The van der Waals surface area contributed by atoms with E-state index in [1.165, 1.54) is 35.2 Å². The zero-order valence-corrected chi connectivity index (χ0v) is 18.0. The van der Waals surface area contributed by atoms with Crippen LogP contribution in [0.15, 0.2) is 52.1 Å². The number of pyridine rings is 1. The van der Waals surface area contributed by atoms with E-state index >= 15 is 0 Å². The maximum absolute atomic E-state index is 14.9.